The predicted octanol–water partition coefficient (Wildman–Crippen LogP) is 3.98. The first-order valence-electron chi connectivity index (χ1n) is 9.58. The Balaban J connectivity index is 0.0000130. The first-order chi connectivity index (χ1) is 15.9. The van der Waals surface area contributed by atoms with E-state index >= 15 is 0 Å². The quantitative estimate of drug-likeness (QED) is 0.120. The van der Waals surface area contributed by atoms with Crippen molar-refractivity contribution < 1.29 is 104 Å². The van der Waals surface area contributed by atoms with Crippen LogP contribution in [0.1, 0.15) is 49.8 Å². The van der Waals surface area contributed by atoms with Crippen molar-refractivity contribution in [3.05, 3.63) is 35.4 Å². The summed E-state index contributed by atoms with van der Waals surface area (Å²) in [5.74, 6) is -37.8. The Morgan fingerprint density at radius 2 is 1.19 bits per heavy atom. The van der Waals surface area contributed by atoms with Gasteiger partial charge in [-0.3, -0.25) is 4.18 Å². The van der Waals surface area contributed by atoms with Crippen LogP contribution in [-0.2, 0) is 20.5 Å². The van der Waals surface area contributed by atoms with Crippen LogP contribution in [0.3, 0.4) is 0 Å². The Kier molecular flexibility index (Phi) is 11.5. The molecule has 0 aliphatic rings. The second-order valence-corrected chi connectivity index (χ2v) is 8.49. The smallest absolute Gasteiger partial charge is 0.726 e. The maximum atomic E-state index is 14.2. The van der Waals surface area contributed by atoms with Gasteiger partial charge in [-0.2, -0.15) is 57.1 Å². The van der Waals surface area contributed by atoms with E-state index in [1.54, 1.807) is 6.92 Å². The molecule has 0 aromatic heterocycles. The molecular weight excluding hydrogens is 582 g/mol. The van der Waals surface area contributed by atoms with E-state index < -0.39 is 63.4 Å². The van der Waals surface area contributed by atoms with E-state index in [9.17, 15) is 70.0 Å². The SMILES string of the molecule is CCCCCC(OS(=O)(=O)[O-])c1ccc(C(F)(F)C(F)(F)C(F)(F)C(F)(F)C(F)(F)C(F)(F)F)cc1.[Na+]. The van der Waals surface area contributed by atoms with Gasteiger partial charge in [0.1, 0.15) is 6.10 Å². The second kappa shape index (κ2) is 11.7. The molecule has 0 fully saturated rings. The van der Waals surface area contributed by atoms with Crippen LogP contribution in [0.4, 0.5) is 57.1 Å². The fourth-order valence-electron chi connectivity index (χ4n) is 2.85. The van der Waals surface area contributed by atoms with E-state index in [1.165, 1.54) is 0 Å². The second-order valence-electron chi connectivity index (χ2n) is 7.48. The molecule has 0 spiro atoms. The predicted molar refractivity (Wildman–Crippen MR) is 93.8 cm³/mol. The van der Waals surface area contributed by atoms with Crippen molar-refractivity contribution in [2.24, 2.45) is 0 Å². The fourth-order valence-corrected chi connectivity index (χ4v) is 3.34. The molecule has 0 saturated carbocycles. The number of unbranched alkanes of at least 4 members (excludes halogenated alkanes) is 2. The van der Waals surface area contributed by atoms with Gasteiger partial charge in [0.15, 0.2) is 0 Å². The third kappa shape index (κ3) is 7.04. The molecular formula is C18H16F13NaO4S. The van der Waals surface area contributed by atoms with Crippen molar-refractivity contribution in [1.29, 1.82) is 0 Å². The fraction of sp³-hybridized carbons (Fsp3) is 0.667. The van der Waals surface area contributed by atoms with Crippen molar-refractivity contribution in [2.75, 3.05) is 0 Å². The van der Waals surface area contributed by atoms with Gasteiger partial charge in [-0.15, -0.1) is 0 Å². The molecule has 0 saturated heterocycles. The average Bonchev–Trinajstić information content (AvgIpc) is 2.71. The third-order valence-electron chi connectivity index (χ3n) is 4.88. The minimum absolute atomic E-state index is 0. The maximum absolute atomic E-state index is 14.2. The van der Waals surface area contributed by atoms with Crippen LogP contribution in [0, 0.1) is 0 Å². The molecule has 1 aromatic rings. The molecule has 0 bridgehead atoms. The molecule has 0 heterocycles. The van der Waals surface area contributed by atoms with Gasteiger partial charge in [0, 0.05) is 5.56 Å². The zero-order chi connectivity index (χ0) is 28.6. The molecule has 4 nitrogen and oxygen atoms in total. The van der Waals surface area contributed by atoms with Crippen LogP contribution in [0.5, 0.6) is 0 Å². The van der Waals surface area contributed by atoms with Gasteiger partial charge in [-0.05, 0) is 12.0 Å². The minimum Gasteiger partial charge on any atom is -0.726 e. The van der Waals surface area contributed by atoms with Crippen molar-refractivity contribution >= 4 is 10.4 Å². The van der Waals surface area contributed by atoms with E-state index in [1.807, 2.05) is 0 Å². The summed E-state index contributed by atoms with van der Waals surface area (Å²) in [6, 6.07) is 0.462. The minimum atomic E-state index is -8.02. The molecule has 0 aliphatic carbocycles. The normalized spacial score (nSPS) is 15.3. The Bertz CT molecular complexity index is 996. The first kappa shape index (κ1) is 36.2. The van der Waals surface area contributed by atoms with Crippen LogP contribution in [0.15, 0.2) is 24.3 Å². The molecule has 0 N–H and O–H groups in total. The molecule has 19 heteroatoms. The van der Waals surface area contributed by atoms with Crippen LogP contribution < -0.4 is 29.6 Å². The van der Waals surface area contributed by atoms with Crippen LogP contribution in [-0.4, -0.2) is 42.8 Å². The molecule has 210 valence electrons. The van der Waals surface area contributed by atoms with Crippen LogP contribution >= 0.6 is 0 Å². The summed E-state index contributed by atoms with van der Waals surface area (Å²) in [6.45, 7) is 1.71. The summed E-state index contributed by atoms with van der Waals surface area (Å²) < 4.78 is 209. The van der Waals surface area contributed by atoms with Crippen molar-refractivity contribution in [2.45, 2.75) is 74.5 Å². The van der Waals surface area contributed by atoms with E-state index in [0.29, 0.717) is 25.0 Å². The zero-order valence-corrected chi connectivity index (χ0v) is 21.5. The van der Waals surface area contributed by atoms with Gasteiger partial charge in [-0.1, -0.05) is 50.5 Å². The molecule has 0 radical (unpaired) electrons. The Morgan fingerprint density at radius 1 is 0.757 bits per heavy atom. The summed E-state index contributed by atoms with van der Waals surface area (Å²) in [5.41, 5.74) is -2.69. The summed E-state index contributed by atoms with van der Waals surface area (Å²) in [4.78, 5) is 0. The molecule has 37 heavy (non-hydrogen) atoms. The number of hydrogen-bond donors (Lipinski definition) is 0. The molecule has 1 atom stereocenters. The summed E-state index contributed by atoms with van der Waals surface area (Å²) in [6.07, 6.45) is -8.20. The number of hydrogen-bond acceptors (Lipinski definition) is 4. The van der Waals surface area contributed by atoms with Crippen molar-refractivity contribution in [3.8, 4) is 0 Å². The van der Waals surface area contributed by atoms with Gasteiger partial charge in [-0.25, -0.2) is 8.42 Å². The number of halogens is 13. The van der Waals surface area contributed by atoms with Crippen LogP contribution in [0.2, 0.25) is 0 Å². The van der Waals surface area contributed by atoms with Gasteiger partial charge in [0.05, 0.1) is 0 Å². The van der Waals surface area contributed by atoms with Gasteiger partial charge in [0.2, 0.25) is 10.4 Å². The Hall–Kier alpha value is -0.820. The summed E-state index contributed by atoms with van der Waals surface area (Å²) in [7, 11) is -5.40. The number of alkyl halides is 13. The molecule has 1 rings (SSSR count). The molecule has 0 amide bonds. The standard InChI is InChI=1S/C18H17F13O4S.Na/c1-2-3-4-5-12(35-36(32,33)34)10-6-8-11(9-7-10)13(19,20)14(21,22)15(23,24)16(25,26)17(27,28)18(29,30)31;/h6-9,12H,2-5H2,1H3,(H,32,33,34);/q;+1/p-1. The number of rotatable bonds is 12. The summed E-state index contributed by atoms with van der Waals surface area (Å²) in [5, 5.41) is 0. The van der Waals surface area contributed by atoms with Crippen molar-refractivity contribution in [3.63, 3.8) is 0 Å². The number of benzene rings is 1. The Morgan fingerprint density at radius 3 is 1.57 bits per heavy atom. The van der Waals surface area contributed by atoms with Gasteiger partial charge < -0.3 is 4.55 Å². The first-order valence-corrected chi connectivity index (χ1v) is 10.9. The van der Waals surface area contributed by atoms with Crippen LogP contribution in [0.25, 0.3) is 0 Å². The topological polar surface area (TPSA) is 66.4 Å². The van der Waals surface area contributed by atoms with E-state index in [2.05, 4.69) is 4.18 Å². The zero-order valence-electron chi connectivity index (χ0n) is 18.7. The van der Waals surface area contributed by atoms with E-state index in [0.717, 1.165) is 0 Å². The largest absolute Gasteiger partial charge is 1.00 e. The Labute approximate surface area is 223 Å². The third-order valence-corrected chi connectivity index (χ3v) is 5.35. The maximum Gasteiger partial charge on any atom is 1.00 e. The monoisotopic (exact) mass is 598 g/mol. The van der Waals surface area contributed by atoms with Gasteiger partial charge in [0.25, 0.3) is 0 Å². The molecule has 1 aromatic carbocycles. The summed E-state index contributed by atoms with van der Waals surface area (Å²) >= 11 is 0. The van der Waals surface area contributed by atoms with E-state index in [4.69, 9.17) is 0 Å². The molecule has 1 unspecified atom stereocenters. The average molecular weight is 598 g/mol. The van der Waals surface area contributed by atoms with Crippen molar-refractivity contribution in [1.82, 2.24) is 0 Å². The van der Waals surface area contributed by atoms with E-state index in [-0.39, 0.29) is 54.5 Å². The van der Waals surface area contributed by atoms with Gasteiger partial charge >= 0.3 is 65.3 Å². The molecule has 0 aliphatic heterocycles.